The van der Waals surface area contributed by atoms with Crippen LogP contribution in [0.15, 0.2) is 24.3 Å². The maximum Gasteiger partial charge on any atom is 0.104 e. The Hall–Kier alpha value is -0.570. The number of ether oxygens (including phenoxy) is 1. The van der Waals surface area contributed by atoms with Gasteiger partial charge in [-0.2, -0.15) is 0 Å². The normalized spacial score (nSPS) is 18.4. The average Bonchev–Trinajstić information content (AvgIpc) is 2.23. The van der Waals surface area contributed by atoms with Crippen molar-refractivity contribution in [3.63, 3.8) is 0 Å². The number of halogens is 1. The van der Waals surface area contributed by atoms with Crippen molar-refractivity contribution in [3.8, 4) is 0 Å². The van der Waals surface area contributed by atoms with Crippen molar-refractivity contribution in [2.24, 2.45) is 0 Å². The molecule has 1 aromatic rings. The number of quaternary nitrogens is 1. The molecule has 0 radical (unpaired) electrons. The first-order valence-electron chi connectivity index (χ1n) is 5.01. The third-order valence-corrected chi connectivity index (χ3v) is 2.97. The largest absolute Gasteiger partial charge is 0.370 e. The number of rotatable bonds is 2. The lowest BCUT2D eigenvalue weighted by atomic mass is 10.2. The quantitative estimate of drug-likeness (QED) is 0.764. The lowest BCUT2D eigenvalue weighted by Crippen LogP contribution is -3.12. The molecule has 1 N–H and O–H groups in total. The second kappa shape index (κ2) is 4.78. The Morgan fingerprint density at radius 2 is 1.93 bits per heavy atom. The molecule has 1 aromatic carbocycles. The van der Waals surface area contributed by atoms with Gasteiger partial charge in [0.25, 0.3) is 0 Å². The highest BCUT2D eigenvalue weighted by Crippen LogP contribution is 2.13. The van der Waals surface area contributed by atoms with Gasteiger partial charge in [0.1, 0.15) is 19.6 Å². The summed E-state index contributed by atoms with van der Waals surface area (Å²) < 4.78 is 5.31. The molecule has 0 unspecified atom stereocenters. The summed E-state index contributed by atoms with van der Waals surface area (Å²) in [5.41, 5.74) is 1.24. The van der Waals surface area contributed by atoms with Gasteiger partial charge in [0, 0.05) is 10.6 Å². The van der Waals surface area contributed by atoms with E-state index in [4.69, 9.17) is 16.3 Å². The molecule has 0 aliphatic carbocycles. The number of morpholine rings is 1. The Balaban J connectivity index is 1.99. The van der Waals surface area contributed by atoms with E-state index in [1.54, 1.807) is 4.90 Å². The number of hydrogen-bond donors (Lipinski definition) is 1. The zero-order valence-electron chi connectivity index (χ0n) is 8.13. The standard InChI is InChI=1S/C11H14ClNO/c12-11-4-2-1-3-10(11)9-13-5-7-14-8-6-13/h1-4H,5-9H2/p+1. The molecule has 1 aliphatic rings. The fourth-order valence-corrected chi connectivity index (χ4v) is 1.95. The van der Waals surface area contributed by atoms with E-state index in [1.165, 1.54) is 5.56 Å². The predicted octanol–water partition coefficient (Wildman–Crippen LogP) is 0.755. The molecule has 0 aromatic heterocycles. The molecule has 3 heteroatoms. The monoisotopic (exact) mass is 212 g/mol. The molecule has 0 saturated carbocycles. The second-order valence-electron chi connectivity index (χ2n) is 3.63. The van der Waals surface area contributed by atoms with Crippen LogP contribution in [0, 0.1) is 0 Å². The molecule has 0 atom stereocenters. The van der Waals surface area contributed by atoms with Crippen LogP contribution in [0.2, 0.25) is 5.02 Å². The van der Waals surface area contributed by atoms with Crippen LogP contribution in [-0.4, -0.2) is 26.3 Å². The molecule has 0 amide bonds. The minimum absolute atomic E-state index is 0.875. The topological polar surface area (TPSA) is 13.7 Å². The summed E-state index contributed by atoms with van der Waals surface area (Å²) >= 11 is 6.10. The average molecular weight is 213 g/mol. The zero-order valence-corrected chi connectivity index (χ0v) is 8.89. The highest BCUT2D eigenvalue weighted by atomic mass is 35.5. The van der Waals surface area contributed by atoms with E-state index in [-0.39, 0.29) is 0 Å². The van der Waals surface area contributed by atoms with Crippen molar-refractivity contribution in [1.82, 2.24) is 0 Å². The lowest BCUT2D eigenvalue weighted by Gasteiger charge is -2.24. The summed E-state index contributed by atoms with van der Waals surface area (Å²) in [6.45, 7) is 4.94. The maximum atomic E-state index is 6.10. The van der Waals surface area contributed by atoms with Crippen LogP contribution < -0.4 is 4.90 Å². The van der Waals surface area contributed by atoms with Gasteiger partial charge in [-0.15, -0.1) is 0 Å². The molecule has 1 heterocycles. The van der Waals surface area contributed by atoms with E-state index in [1.807, 2.05) is 18.2 Å². The van der Waals surface area contributed by atoms with Gasteiger partial charge >= 0.3 is 0 Å². The van der Waals surface area contributed by atoms with Crippen LogP contribution in [0.1, 0.15) is 5.56 Å². The van der Waals surface area contributed by atoms with Gasteiger partial charge in [-0.05, 0) is 6.07 Å². The van der Waals surface area contributed by atoms with Gasteiger partial charge in [0.2, 0.25) is 0 Å². The van der Waals surface area contributed by atoms with Crippen molar-refractivity contribution in [2.75, 3.05) is 26.3 Å². The highest BCUT2D eigenvalue weighted by molar-refractivity contribution is 6.31. The smallest absolute Gasteiger partial charge is 0.104 e. The molecule has 1 aliphatic heterocycles. The minimum Gasteiger partial charge on any atom is -0.370 e. The maximum absolute atomic E-state index is 6.10. The Bertz CT molecular complexity index is 297. The Labute approximate surface area is 89.4 Å². The molecule has 2 nitrogen and oxygen atoms in total. The fraction of sp³-hybridized carbons (Fsp3) is 0.455. The number of hydrogen-bond acceptors (Lipinski definition) is 1. The summed E-state index contributed by atoms with van der Waals surface area (Å²) in [5, 5.41) is 0.881. The third-order valence-electron chi connectivity index (χ3n) is 2.60. The Kier molecular flexibility index (Phi) is 3.40. The number of nitrogens with one attached hydrogen (secondary N) is 1. The van der Waals surface area contributed by atoms with E-state index in [0.717, 1.165) is 37.9 Å². The Morgan fingerprint density at radius 1 is 1.21 bits per heavy atom. The fourth-order valence-electron chi connectivity index (χ4n) is 1.75. The van der Waals surface area contributed by atoms with Crippen molar-refractivity contribution >= 4 is 11.6 Å². The van der Waals surface area contributed by atoms with Crippen LogP contribution >= 0.6 is 11.6 Å². The van der Waals surface area contributed by atoms with Gasteiger partial charge < -0.3 is 9.64 Å². The molecule has 2 rings (SSSR count). The van der Waals surface area contributed by atoms with Crippen LogP contribution in [0.5, 0.6) is 0 Å². The molecular weight excluding hydrogens is 198 g/mol. The zero-order chi connectivity index (χ0) is 9.80. The van der Waals surface area contributed by atoms with E-state index < -0.39 is 0 Å². The summed E-state index contributed by atoms with van der Waals surface area (Å²) in [5.74, 6) is 0. The lowest BCUT2D eigenvalue weighted by molar-refractivity contribution is -0.921. The molecule has 14 heavy (non-hydrogen) atoms. The van der Waals surface area contributed by atoms with Crippen molar-refractivity contribution in [1.29, 1.82) is 0 Å². The van der Waals surface area contributed by atoms with Crippen LogP contribution in [0.3, 0.4) is 0 Å². The van der Waals surface area contributed by atoms with E-state index >= 15 is 0 Å². The van der Waals surface area contributed by atoms with Gasteiger partial charge in [-0.25, -0.2) is 0 Å². The molecule has 0 spiro atoms. The number of benzene rings is 1. The summed E-state index contributed by atoms with van der Waals surface area (Å²) in [7, 11) is 0. The van der Waals surface area contributed by atoms with Crippen molar-refractivity contribution < 1.29 is 9.64 Å². The third kappa shape index (κ3) is 2.47. The molecule has 0 bridgehead atoms. The van der Waals surface area contributed by atoms with Crippen LogP contribution in [0.25, 0.3) is 0 Å². The first-order valence-corrected chi connectivity index (χ1v) is 5.39. The summed E-state index contributed by atoms with van der Waals surface area (Å²) in [6.07, 6.45) is 0. The van der Waals surface area contributed by atoms with Crippen LogP contribution in [-0.2, 0) is 11.3 Å². The van der Waals surface area contributed by atoms with E-state index in [0.29, 0.717) is 0 Å². The van der Waals surface area contributed by atoms with Gasteiger partial charge in [-0.1, -0.05) is 29.8 Å². The SMILES string of the molecule is Clc1ccccc1C[NH+]1CCOCC1. The Morgan fingerprint density at radius 3 is 2.64 bits per heavy atom. The van der Waals surface area contributed by atoms with E-state index in [9.17, 15) is 0 Å². The van der Waals surface area contributed by atoms with Crippen molar-refractivity contribution in [2.45, 2.75) is 6.54 Å². The second-order valence-corrected chi connectivity index (χ2v) is 4.04. The first kappa shape index (κ1) is 9.97. The first-order chi connectivity index (χ1) is 6.86. The molecule has 1 saturated heterocycles. The summed E-state index contributed by atoms with van der Waals surface area (Å²) in [4.78, 5) is 1.56. The highest BCUT2D eigenvalue weighted by Gasteiger charge is 2.14. The van der Waals surface area contributed by atoms with Crippen LogP contribution in [0.4, 0.5) is 0 Å². The van der Waals surface area contributed by atoms with Gasteiger partial charge in [0.15, 0.2) is 0 Å². The minimum atomic E-state index is 0.875. The molecular formula is C11H15ClNO+. The van der Waals surface area contributed by atoms with Crippen molar-refractivity contribution in [3.05, 3.63) is 34.9 Å². The van der Waals surface area contributed by atoms with Gasteiger partial charge in [-0.3, -0.25) is 0 Å². The summed E-state index contributed by atoms with van der Waals surface area (Å²) in [6, 6.07) is 8.07. The predicted molar refractivity (Wildman–Crippen MR) is 56.7 cm³/mol. The van der Waals surface area contributed by atoms with Gasteiger partial charge in [0.05, 0.1) is 13.2 Å². The van der Waals surface area contributed by atoms with E-state index in [2.05, 4.69) is 6.07 Å². The molecule has 1 fully saturated rings. The molecule has 76 valence electrons.